The molecule has 1 aromatic rings. The van der Waals surface area contributed by atoms with E-state index in [1.165, 1.54) is 24.6 Å². The molecule has 0 amide bonds. The number of rotatable bonds is 5. The summed E-state index contributed by atoms with van der Waals surface area (Å²) < 4.78 is 54.2. The summed E-state index contributed by atoms with van der Waals surface area (Å²) in [6.45, 7) is 0. The quantitative estimate of drug-likeness (QED) is 0.813. The Morgan fingerprint density at radius 1 is 1.14 bits per heavy atom. The van der Waals surface area contributed by atoms with Crippen LogP contribution in [0.1, 0.15) is 43.7 Å². The van der Waals surface area contributed by atoms with Crippen LogP contribution in [0.5, 0.6) is 5.75 Å². The molecule has 0 bridgehead atoms. The van der Waals surface area contributed by atoms with Gasteiger partial charge in [-0.3, -0.25) is 0 Å². The van der Waals surface area contributed by atoms with E-state index in [1.54, 1.807) is 6.07 Å². The molecule has 2 nitrogen and oxygen atoms in total. The van der Waals surface area contributed by atoms with Crippen molar-refractivity contribution in [1.82, 2.24) is 0 Å². The minimum atomic E-state index is -4.49. The van der Waals surface area contributed by atoms with Crippen molar-refractivity contribution in [1.29, 1.82) is 0 Å². The third-order valence-electron chi connectivity index (χ3n) is 3.91. The van der Waals surface area contributed by atoms with Gasteiger partial charge >= 0.3 is 12.5 Å². The van der Waals surface area contributed by atoms with E-state index in [1.807, 2.05) is 0 Å². The highest BCUT2D eigenvalue weighted by Crippen LogP contribution is 2.35. The number of hydrogen-bond acceptors (Lipinski definition) is 2. The fourth-order valence-corrected chi connectivity index (χ4v) is 2.75. The lowest BCUT2D eigenvalue weighted by molar-refractivity contribution is -0.253. The summed E-state index contributed by atoms with van der Waals surface area (Å²) in [5.74, 6) is 0.00803. The Morgan fingerprint density at radius 3 is 2.43 bits per heavy atom. The minimum Gasteiger partial charge on any atom is -0.428 e. The molecule has 1 aliphatic rings. The van der Waals surface area contributed by atoms with E-state index in [0.717, 1.165) is 25.7 Å². The lowest BCUT2D eigenvalue weighted by atomic mass is 9.81. The number of alkyl halides is 4. The molecule has 0 spiro atoms. The van der Waals surface area contributed by atoms with Crippen molar-refractivity contribution in [2.24, 2.45) is 11.7 Å². The predicted molar refractivity (Wildman–Crippen MR) is 71.5 cm³/mol. The summed E-state index contributed by atoms with van der Waals surface area (Å²) in [5.41, 5.74) is 6.81. The van der Waals surface area contributed by atoms with Crippen LogP contribution >= 0.6 is 0 Å². The zero-order valence-corrected chi connectivity index (χ0v) is 11.6. The maximum Gasteiger partial charge on any atom is 0.461 e. The highest BCUT2D eigenvalue weighted by atomic mass is 19.3. The lowest BCUT2D eigenvalue weighted by Crippen LogP contribution is -2.33. The third-order valence-corrected chi connectivity index (χ3v) is 3.91. The van der Waals surface area contributed by atoms with Crippen LogP contribution in [0.15, 0.2) is 24.3 Å². The molecule has 6 heteroatoms. The molecular formula is C15H19F4NO. The van der Waals surface area contributed by atoms with E-state index in [0.29, 0.717) is 11.5 Å². The van der Waals surface area contributed by atoms with Gasteiger partial charge in [-0.1, -0.05) is 31.4 Å². The second-order valence-corrected chi connectivity index (χ2v) is 5.46. The second kappa shape index (κ2) is 6.64. The highest BCUT2D eigenvalue weighted by molar-refractivity contribution is 5.31. The largest absolute Gasteiger partial charge is 0.461 e. The standard InChI is InChI=1S/C15H19F4NO/c16-14(17)15(18,19)21-12-8-4-7-11(9-12)13(20)10-5-2-1-3-6-10/h4,7-10,13-14H,1-3,5-6,20H2/t13-/m1/s1. The van der Waals surface area contributed by atoms with Gasteiger partial charge in [-0.05, 0) is 36.5 Å². The molecule has 118 valence electrons. The molecule has 1 aromatic carbocycles. The van der Waals surface area contributed by atoms with Gasteiger partial charge in [-0.2, -0.15) is 17.6 Å². The molecular weight excluding hydrogens is 286 g/mol. The van der Waals surface area contributed by atoms with Crippen molar-refractivity contribution >= 4 is 0 Å². The van der Waals surface area contributed by atoms with Gasteiger partial charge in [-0.15, -0.1) is 0 Å². The molecule has 0 saturated heterocycles. The van der Waals surface area contributed by atoms with Crippen LogP contribution in [0.3, 0.4) is 0 Å². The van der Waals surface area contributed by atoms with Gasteiger partial charge in [-0.25, -0.2) is 0 Å². The fourth-order valence-electron chi connectivity index (χ4n) is 2.75. The number of hydrogen-bond donors (Lipinski definition) is 1. The molecule has 1 atom stereocenters. The average Bonchev–Trinajstić information content (AvgIpc) is 2.47. The number of benzene rings is 1. The molecule has 2 rings (SSSR count). The van der Waals surface area contributed by atoms with Crippen molar-refractivity contribution in [2.45, 2.75) is 50.7 Å². The van der Waals surface area contributed by atoms with Crippen molar-refractivity contribution in [3.05, 3.63) is 29.8 Å². The number of ether oxygens (including phenoxy) is 1. The summed E-state index contributed by atoms with van der Waals surface area (Å²) in [6, 6.07) is 5.49. The van der Waals surface area contributed by atoms with Gasteiger partial charge in [0.1, 0.15) is 5.75 Å². The van der Waals surface area contributed by atoms with E-state index in [-0.39, 0.29) is 11.8 Å². The first-order chi connectivity index (χ1) is 9.90. The maximum atomic E-state index is 12.9. The summed E-state index contributed by atoms with van der Waals surface area (Å²) in [7, 11) is 0. The maximum absolute atomic E-state index is 12.9. The van der Waals surface area contributed by atoms with Gasteiger partial charge in [0.05, 0.1) is 0 Å². The Balaban J connectivity index is 2.09. The van der Waals surface area contributed by atoms with E-state index in [9.17, 15) is 17.6 Å². The van der Waals surface area contributed by atoms with Gasteiger partial charge in [0.15, 0.2) is 0 Å². The lowest BCUT2D eigenvalue weighted by Gasteiger charge is -2.28. The second-order valence-electron chi connectivity index (χ2n) is 5.46. The summed E-state index contributed by atoms with van der Waals surface area (Å²) in [6.07, 6.45) is -2.96. The molecule has 0 aromatic heterocycles. The predicted octanol–water partition coefficient (Wildman–Crippen LogP) is 4.50. The molecule has 0 aliphatic heterocycles. The Morgan fingerprint density at radius 2 is 1.81 bits per heavy atom. The van der Waals surface area contributed by atoms with Crippen LogP contribution < -0.4 is 10.5 Å². The Labute approximate surface area is 121 Å². The zero-order chi connectivity index (χ0) is 15.5. The average molecular weight is 305 g/mol. The van der Waals surface area contributed by atoms with Crippen LogP contribution in [0.25, 0.3) is 0 Å². The summed E-state index contributed by atoms with van der Waals surface area (Å²) in [5, 5.41) is 0. The monoisotopic (exact) mass is 305 g/mol. The summed E-state index contributed by atoms with van der Waals surface area (Å²) in [4.78, 5) is 0. The molecule has 0 heterocycles. The van der Waals surface area contributed by atoms with Gasteiger partial charge in [0.2, 0.25) is 0 Å². The molecule has 1 saturated carbocycles. The number of nitrogens with two attached hydrogens (primary N) is 1. The fraction of sp³-hybridized carbons (Fsp3) is 0.600. The number of halogens is 4. The van der Waals surface area contributed by atoms with Crippen LogP contribution in [0.4, 0.5) is 17.6 Å². The van der Waals surface area contributed by atoms with Crippen LogP contribution in [0, 0.1) is 5.92 Å². The van der Waals surface area contributed by atoms with Crippen molar-refractivity contribution in [2.75, 3.05) is 0 Å². The minimum absolute atomic E-state index is 0.283. The van der Waals surface area contributed by atoms with E-state index in [4.69, 9.17) is 5.73 Å². The van der Waals surface area contributed by atoms with Crippen LogP contribution in [-0.2, 0) is 0 Å². The summed E-state index contributed by atoms with van der Waals surface area (Å²) >= 11 is 0. The van der Waals surface area contributed by atoms with Crippen LogP contribution in [-0.4, -0.2) is 12.5 Å². The molecule has 2 N–H and O–H groups in total. The molecule has 1 fully saturated rings. The van der Waals surface area contributed by atoms with E-state index in [2.05, 4.69) is 4.74 Å². The Bertz CT molecular complexity index is 461. The van der Waals surface area contributed by atoms with E-state index >= 15 is 0 Å². The zero-order valence-electron chi connectivity index (χ0n) is 11.6. The van der Waals surface area contributed by atoms with Crippen molar-refractivity contribution in [3.63, 3.8) is 0 Å². The highest BCUT2D eigenvalue weighted by Gasteiger charge is 2.44. The normalized spacial score (nSPS) is 18.8. The van der Waals surface area contributed by atoms with E-state index < -0.39 is 12.5 Å². The molecule has 0 unspecified atom stereocenters. The van der Waals surface area contributed by atoms with Gasteiger partial charge < -0.3 is 10.5 Å². The molecule has 0 radical (unpaired) electrons. The SMILES string of the molecule is N[C@@H](c1cccc(OC(F)(F)C(F)F)c1)C1CCCCC1. The molecule has 1 aliphatic carbocycles. The van der Waals surface area contributed by atoms with Crippen LogP contribution in [0.2, 0.25) is 0 Å². The Kier molecular flexibility index (Phi) is 5.08. The first-order valence-corrected chi connectivity index (χ1v) is 7.10. The molecule has 21 heavy (non-hydrogen) atoms. The van der Waals surface area contributed by atoms with Crippen molar-refractivity contribution in [3.8, 4) is 5.75 Å². The Hall–Kier alpha value is -1.30. The van der Waals surface area contributed by atoms with Gasteiger partial charge in [0.25, 0.3) is 0 Å². The van der Waals surface area contributed by atoms with Gasteiger partial charge in [0, 0.05) is 6.04 Å². The van der Waals surface area contributed by atoms with Crippen molar-refractivity contribution < 1.29 is 22.3 Å². The first kappa shape index (κ1) is 16.1. The third kappa shape index (κ3) is 4.09. The smallest absolute Gasteiger partial charge is 0.428 e. The topological polar surface area (TPSA) is 35.2 Å². The first-order valence-electron chi connectivity index (χ1n) is 7.10.